The van der Waals surface area contributed by atoms with Crippen LogP contribution < -0.4 is 4.74 Å². The number of ether oxygens (including phenoxy) is 1. The molecule has 0 bridgehead atoms. The third-order valence-corrected chi connectivity index (χ3v) is 8.60. The van der Waals surface area contributed by atoms with Gasteiger partial charge < -0.3 is 9.16 Å². The van der Waals surface area contributed by atoms with Crippen molar-refractivity contribution in [2.45, 2.75) is 45.5 Å². The molecule has 0 aromatic heterocycles. The molecule has 20 heavy (non-hydrogen) atoms. The molecule has 0 radical (unpaired) electrons. The Balaban J connectivity index is 2.63. The van der Waals surface area contributed by atoms with E-state index in [2.05, 4.69) is 33.9 Å². The number of benzene rings is 1. The van der Waals surface area contributed by atoms with Crippen LogP contribution >= 0.6 is 23.2 Å². The highest BCUT2D eigenvalue weighted by Gasteiger charge is 2.36. The summed E-state index contributed by atoms with van der Waals surface area (Å²) in [5.41, 5.74) is 2.31. The standard InChI is InChI=1S/C15H22Cl2O2Si/c1-15(2,3)20(4,5)18-11-12-6-8-13(9-7-12)19-14(17)10-16/h6-10H,11H2,1-5H3. The Morgan fingerprint density at radius 3 is 2.20 bits per heavy atom. The predicted molar refractivity (Wildman–Crippen MR) is 88.8 cm³/mol. The van der Waals surface area contributed by atoms with Gasteiger partial charge in [0.1, 0.15) is 5.75 Å². The van der Waals surface area contributed by atoms with Crippen molar-refractivity contribution in [2.75, 3.05) is 0 Å². The van der Waals surface area contributed by atoms with E-state index in [9.17, 15) is 0 Å². The van der Waals surface area contributed by atoms with Gasteiger partial charge in [0.2, 0.25) is 5.22 Å². The van der Waals surface area contributed by atoms with Gasteiger partial charge in [-0.25, -0.2) is 0 Å². The molecule has 0 saturated carbocycles. The molecule has 0 fully saturated rings. The Kier molecular flexibility index (Phi) is 6.14. The first-order valence-electron chi connectivity index (χ1n) is 6.52. The van der Waals surface area contributed by atoms with Crippen LogP contribution in [-0.4, -0.2) is 8.32 Å². The lowest BCUT2D eigenvalue weighted by atomic mass is 10.2. The second-order valence-corrected chi connectivity index (χ2v) is 11.6. The third-order valence-electron chi connectivity index (χ3n) is 3.63. The summed E-state index contributed by atoms with van der Waals surface area (Å²) < 4.78 is 11.4. The fourth-order valence-electron chi connectivity index (χ4n) is 1.27. The SMILES string of the molecule is CC(C)(C)[Si](C)(C)OCc1ccc(OC(Cl)=CCl)cc1. The number of rotatable bonds is 5. The van der Waals surface area contributed by atoms with Gasteiger partial charge >= 0.3 is 0 Å². The quantitative estimate of drug-likeness (QED) is 0.496. The molecule has 0 aliphatic heterocycles. The van der Waals surface area contributed by atoms with Crippen LogP contribution in [0, 0.1) is 0 Å². The van der Waals surface area contributed by atoms with Crippen molar-refractivity contribution in [3.05, 3.63) is 40.6 Å². The molecule has 0 aliphatic rings. The molecule has 0 heterocycles. The van der Waals surface area contributed by atoms with Gasteiger partial charge in [-0.2, -0.15) is 0 Å². The van der Waals surface area contributed by atoms with Crippen molar-refractivity contribution >= 4 is 31.5 Å². The van der Waals surface area contributed by atoms with Crippen LogP contribution in [0.2, 0.25) is 18.1 Å². The molecule has 1 aromatic carbocycles. The minimum atomic E-state index is -1.71. The van der Waals surface area contributed by atoms with E-state index in [0.717, 1.165) is 5.56 Å². The second kappa shape index (κ2) is 6.99. The lowest BCUT2D eigenvalue weighted by Gasteiger charge is -2.36. The maximum absolute atomic E-state index is 6.16. The monoisotopic (exact) mass is 332 g/mol. The summed E-state index contributed by atoms with van der Waals surface area (Å²) in [5.74, 6) is 0.656. The highest BCUT2D eigenvalue weighted by molar-refractivity contribution is 6.74. The van der Waals surface area contributed by atoms with Gasteiger partial charge in [-0.1, -0.05) is 44.5 Å². The van der Waals surface area contributed by atoms with Gasteiger partial charge in [0, 0.05) is 0 Å². The summed E-state index contributed by atoms with van der Waals surface area (Å²) in [6, 6.07) is 7.65. The molecule has 1 rings (SSSR count). The van der Waals surface area contributed by atoms with Gasteiger partial charge in [-0.3, -0.25) is 0 Å². The smallest absolute Gasteiger partial charge is 0.205 e. The normalized spacial score (nSPS) is 13.4. The van der Waals surface area contributed by atoms with Crippen LogP contribution in [-0.2, 0) is 11.0 Å². The summed E-state index contributed by atoms with van der Waals surface area (Å²) in [6.07, 6.45) is 0. The number of halogens is 2. The highest BCUT2D eigenvalue weighted by atomic mass is 35.5. The van der Waals surface area contributed by atoms with Crippen LogP contribution in [0.3, 0.4) is 0 Å². The van der Waals surface area contributed by atoms with E-state index in [0.29, 0.717) is 12.4 Å². The topological polar surface area (TPSA) is 18.5 Å². The number of hydrogen-bond donors (Lipinski definition) is 0. The van der Waals surface area contributed by atoms with E-state index >= 15 is 0 Å². The van der Waals surface area contributed by atoms with Crippen LogP contribution in [0.1, 0.15) is 26.3 Å². The molecule has 5 heteroatoms. The zero-order valence-electron chi connectivity index (χ0n) is 12.7. The van der Waals surface area contributed by atoms with E-state index in [4.69, 9.17) is 32.4 Å². The first-order valence-corrected chi connectivity index (χ1v) is 10.2. The van der Waals surface area contributed by atoms with Crippen LogP contribution in [0.4, 0.5) is 0 Å². The first-order chi connectivity index (χ1) is 9.15. The van der Waals surface area contributed by atoms with Crippen molar-refractivity contribution in [2.24, 2.45) is 0 Å². The van der Waals surface area contributed by atoms with Crippen molar-refractivity contribution in [1.82, 2.24) is 0 Å². The summed E-state index contributed by atoms with van der Waals surface area (Å²) in [7, 11) is -1.71. The van der Waals surface area contributed by atoms with E-state index in [1.165, 1.54) is 5.54 Å². The molecule has 2 nitrogen and oxygen atoms in total. The summed E-state index contributed by atoms with van der Waals surface area (Å²) in [5, 5.41) is 0.367. The van der Waals surface area contributed by atoms with Crippen LogP contribution in [0.15, 0.2) is 35.0 Å². The van der Waals surface area contributed by atoms with Gasteiger partial charge in [0.15, 0.2) is 8.32 Å². The van der Waals surface area contributed by atoms with E-state index in [1.54, 1.807) is 0 Å². The van der Waals surface area contributed by atoms with Crippen LogP contribution in [0.25, 0.3) is 0 Å². The lowest BCUT2D eigenvalue weighted by molar-refractivity contribution is 0.276. The lowest BCUT2D eigenvalue weighted by Crippen LogP contribution is -2.40. The molecule has 112 valence electrons. The maximum atomic E-state index is 6.16. The molecule has 0 atom stereocenters. The minimum absolute atomic E-state index is 0.150. The average molecular weight is 333 g/mol. The van der Waals surface area contributed by atoms with Gasteiger partial charge in [-0.05, 0) is 47.4 Å². The Bertz CT molecular complexity index is 462. The molecule has 0 amide bonds. The molecular weight excluding hydrogens is 311 g/mol. The fraction of sp³-hybridized carbons (Fsp3) is 0.467. The molecule has 0 N–H and O–H groups in total. The summed E-state index contributed by atoms with van der Waals surface area (Å²) in [4.78, 5) is 0. The molecule has 1 aromatic rings. The molecule has 0 unspecified atom stereocenters. The first kappa shape index (κ1) is 17.6. The van der Waals surface area contributed by atoms with Gasteiger partial charge in [-0.15, -0.1) is 0 Å². The van der Waals surface area contributed by atoms with E-state index < -0.39 is 8.32 Å². The zero-order valence-corrected chi connectivity index (χ0v) is 15.2. The third kappa shape index (κ3) is 5.13. The fourth-order valence-corrected chi connectivity index (χ4v) is 2.36. The predicted octanol–water partition coefficient (Wildman–Crippen LogP) is 5.86. The van der Waals surface area contributed by atoms with Crippen molar-refractivity contribution in [1.29, 1.82) is 0 Å². The Labute approximate surface area is 132 Å². The van der Waals surface area contributed by atoms with Crippen molar-refractivity contribution in [3.63, 3.8) is 0 Å². The average Bonchev–Trinajstić information content (AvgIpc) is 2.36. The Morgan fingerprint density at radius 1 is 1.20 bits per heavy atom. The van der Waals surface area contributed by atoms with E-state index in [1.807, 2.05) is 24.3 Å². The maximum Gasteiger partial charge on any atom is 0.205 e. The van der Waals surface area contributed by atoms with Crippen molar-refractivity contribution < 1.29 is 9.16 Å². The van der Waals surface area contributed by atoms with Gasteiger partial charge in [0.05, 0.1) is 12.1 Å². The van der Waals surface area contributed by atoms with Gasteiger partial charge in [0.25, 0.3) is 0 Å². The Morgan fingerprint density at radius 2 is 1.75 bits per heavy atom. The van der Waals surface area contributed by atoms with E-state index in [-0.39, 0.29) is 10.3 Å². The zero-order chi connectivity index (χ0) is 15.4. The largest absolute Gasteiger partial charge is 0.444 e. The molecule has 0 saturated heterocycles. The minimum Gasteiger partial charge on any atom is -0.444 e. The summed E-state index contributed by atoms with van der Waals surface area (Å²) >= 11 is 11.1. The summed E-state index contributed by atoms with van der Waals surface area (Å²) in [6.45, 7) is 11.8. The second-order valence-electron chi connectivity index (χ2n) is 6.21. The number of hydrogen-bond acceptors (Lipinski definition) is 2. The molecule has 0 spiro atoms. The van der Waals surface area contributed by atoms with Crippen LogP contribution in [0.5, 0.6) is 5.75 Å². The molecule has 0 aliphatic carbocycles. The highest BCUT2D eigenvalue weighted by Crippen LogP contribution is 2.37. The van der Waals surface area contributed by atoms with Crippen molar-refractivity contribution in [3.8, 4) is 5.75 Å². The Hall–Kier alpha value is -0.483. The molecular formula is C15H22Cl2O2Si.